The van der Waals surface area contributed by atoms with E-state index in [-0.39, 0.29) is 0 Å². The van der Waals surface area contributed by atoms with E-state index in [9.17, 15) is 0 Å². The van der Waals surface area contributed by atoms with E-state index in [1.165, 1.54) is 0 Å². The third-order valence-corrected chi connectivity index (χ3v) is 9.65. The number of pyridine rings is 2. The second-order valence-corrected chi connectivity index (χ2v) is 12.7. The molecule has 0 fully saturated rings. The Morgan fingerprint density at radius 3 is 1.69 bits per heavy atom. The maximum Gasteiger partial charge on any atom is 0.160 e. The molecule has 244 valence electrons. The molecule has 0 saturated carbocycles. The summed E-state index contributed by atoms with van der Waals surface area (Å²) in [5.74, 6) is 1.52. The van der Waals surface area contributed by atoms with E-state index in [1.54, 1.807) is 24.8 Å². The van der Waals surface area contributed by atoms with Gasteiger partial charge in [-0.15, -0.1) is 0 Å². The smallest absolute Gasteiger partial charge is 0.160 e. The fraction of sp³-hybridized carbons (Fsp3) is 0. The van der Waals surface area contributed by atoms with Gasteiger partial charge >= 0.3 is 0 Å². The molecule has 6 nitrogen and oxygen atoms in total. The van der Waals surface area contributed by atoms with Gasteiger partial charge in [-0.3, -0.25) is 9.97 Å². The van der Waals surface area contributed by atoms with Crippen LogP contribution in [0, 0.1) is 0 Å². The highest BCUT2D eigenvalue weighted by atomic mass is 16.3. The molecular formula is C46H29N5O. The Balaban J connectivity index is 1.15. The lowest BCUT2D eigenvalue weighted by molar-refractivity contribution is 0.636. The number of benzene rings is 5. The summed E-state index contributed by atoms with van der Waals surface area (Å²) in [4.78, 5) is 18.4. The monoisotopic (exact) mass is 667 g/mol. The van der Waals surface area contributed by atoms with Gasteiger partial charge in [0.2, 0.25) is 0 Å². The molecular weight excluding hydrogens is 639 g/mol. The SMILES string of the molecule is c1ccc(-c2oc3c(ccc4c3c3ccccc3n4-c3ccc(-c4nc(-c5ccncc5)cc(-c5ccncc5)n4)cc3)c2-c2ccccc2)cc1. The number of nitrogens with zero attached hydrogens (tertiary/aromatic N) is 5. The zero-order valence-corrected chi connectivity index (χ0v) is 27.9. The molecule has 0 N–H and O–H groups in total. The molecule has 0 aliphatic carbocycles. The van der Waals surface area contributed by atoms with Gasteiger partial charge in [-0.1, -0.05) is 78.9 Å². The van der Waals surface area contributed by atoms with E-state index >= 15 is 0 Å². The Bertz CT molecular complexity index is 2810. The van der Waals surface area contributed by atoms with Crippen molar-refractivity contribution in [1.29, 1.82) is 0 Å². The van der Waals surface area contributed by atoms with Gasteiger partial charge in [0.05, 0.1) is 27.8 Å². The Hall–Kier alpha value is -7.18. The van der Waals surface area contributed by atoms with Crippen molar-refractivity contribution in [3.8, 4) is 62.0 Å². The number of rotatable bonds is 6. The number of hydrogen-bond acceptors (Lipinski definition) is 5. The second kappa shape index (κ2) is 12.3. The van der Waals surface area contributed by atoms with Crippen LogP contribution in [0.3, 0.4) is 0 Å². The minimum absolute atomic E-state index is 0.647. The predicted molar refractivity (Wildman–Crippen MR) is 209 cm³/mol. The van der Waals surface area contributed by atoms with Gasteiger partial charge in [-0.05, 0) is 78.4 Å². The van der Waals surface area contributed by atoms with Gasteiger partial charge < -0.3 is 8.98 Å². The van der Waals surface area contributed by atoms with Crippen molar-refractivity contribution in [3.63, 3.8) is 0 Å². The van der Waals surface area contributed by atoms with E-state index < -0.39 is 0 Å². The highest BCUT2D eigenvalue weighted by Gasteiger charge is 2.23. The van der Waals surface area contributed by atoms with Gasteiger partial charge in [-0.2, -0.15) is 0 Å². The first-order chi connectivity index (χ1) is 25.8. The normalized spacial score (nSPS) is 11.5. The molecule has 5 aromatic heterocycles. The maximum atomic E-state index is 6.94. The van der Waals surface area contributed by atoms with Crippen LogP contribution in [0.5, 0.6) is 0 Å². The predicted octanol–water partition coefficient (Wildman–Crippen LogP) is 11.4. The van der Waals surface area contributed by atoms with E-state index in [0.717, 1.165) is 89.0 Å². The van der Waals surface area contributed by atoms with Gasteiger partial charge in [-0.25, -0.2) is 9.97 Å². The van der Waals surface area contributed by atoms with Crippen molar-refractivity contribution in [2.45, 2.75) is 0 Å². The lowest BCUT2D eigenvalue weighted by Gasteiger charge is -2.11. The number of fused-ring (bicyclic) bond motifs is 5. The van der Waals surface area contributed by atoms with Gasteiger partial charge in [0.15, 0.2) is 5.82 Å². The summed E-state index contributed by atoms with van der Waals surface area (Å²) in [5.41, 5.74) is 11.9. The number of hydrogen-bond donors (Lipinski definition) is 0. The van der Waals surface area contributed by atoms with E-state index in [4.69, 9.17) is 14.4 Å². The fourth-order valence-electron chi connectivity index (χ4n) is 7.25. The van der Waals surface area contributed by atoms with Crippen molar-refractivity contribution < 1.29 is 4.42 Å². The number of aromatic nitrogens is 5. The zero-order chi connectivity index (χ0) is 34.4. The van der Waals surface area contributed by atoms with Crippen LogP contribution in [0.25, 0.3) is 94.8 Å². The number of furan rings is 1. The molecule has 0 amide bonds. The zero-order valence-electron chi connectivity index (χ0n) is 27.9. The van der Waals surface area contributed by atoms with Crippen molar-refractivity contribution in [2.75, 3.05) is 0 Å². The molecule has 0 radical (unpaired) electrons. The molecule has 0 aliphatic heterocycles. The summed E-state index contributed by atoms with van der Waals surface area (Å²) in [6, 6.07) is 52.3. The van der Waals surface area contributed by atoms with Crippen LogP contribution < -0.4 is 0 Å². The van der Waals surface area contributed by atoms with Crippen LogP contribution in [0.1, 0.15) is 0 Å². The molecule has 10 rings (SSSR count). The molecule has 6 heteroatoms. The van der Waals surface area contributed by atoms with E-state index in [1.807, 2.05) is 36.4 Å². The van der Waals surface area contributed by atoms with Crippen molar-refractivity contribution in [2.24, 2.45) is 0 Å². The Morgan fingerprint density at radius 1 is 0.442 bits per heavy atom. The fourth-order valence-corrected chi connectivity index (χ4v) is 7.25. The Kier molecular flexibility index (Phi) is 7.03. The van der Waals surface area contributed by atoms with Crippen LogP contribution >= 0.6 is 0 Å². The highest BCUT2D eigenvalue weighted by Crippen LogP contribution is 2.46. The molecule has 0 aliphatic rings. The lowest BCUT2D eigenvalue weighted by Crippen LogP contribution is -1.97. The van der Waals surface area contributed by atoms with Crippen molar-refractivity contribution in [3.05, 3.63) is 176 Å². The molecule has 0 unspecified atom stereocenters. The second-order valence-electron chi connectivity index (χ2n) is 12.7. The summed E-state index contributed by atoms with van der Waals surface area (Å²) in [5, 5.41) is 3.31. The molecule has 52 heavy (non-hydrogen) atoms. The summed E-state index contributed by atoms with van der Waals surface area (Å²) >= 11 is 0. The number of para-hydroxylation sites is 1. The first-order valence-corrected chi connectivity index (χ1v) is 17.2. The van der Waals surface area contributed by atoms with Gasteiger partial charge in [0, 0.05) is 69.1 Å². The summed E-state index contributed by atoms with van der Waals surface area (Å²) < 4.78 is 9.26. The van der Waals surface area contributed by atoms with Crippen LogP contribution in [-0.2, 0) is 0 Å². The molecule has 0 spiro atoms. The average Bonchev–Trinajstić information content (AvgIpc) is 3.78. The first kappa shape index (κ1) is 29.7. The summed E-state index contributed by atoms with van der Waals surface area (Å²) in [6.45, 7) is 0. The molecule has 0 bridgehead atoms. The van der Waals surface area contributed by atoms with E-state index in [0.29, 0.717) is 5.82 Å². The minimum atomic E-state index is 0.647. The topological polar surface area (TPSA) is 69.6 Å². The third-order valence-electron chi connectivity index (χ3n) is 9.65. The molecule has 0 atom stereocenters. The first-order valence-electron chi connectivity index (χ1n) is 17.2. The molecule has 10 aromatic rings. The third kappa shape index (κ3) is 4.96. The van der Waals surface area contributed by atoms with Crippen molar-refractivity contribution >= 4 is 32.8 Å². The standard InChI is InChI=1S/C46H29N5O/c1-3-9-32(10-4-1)42-37-19-20-41-43(45(37)52-44(42)33-11-5-2-6-12-33)36-13-7-8-14-40(36)51(41)35-17-15-34(16-18-35)46-49-38(30-21-25-47-26-22-30)29-39(50-46)31-23-27-48-28-24-31/h1-29H. The molecule has 5 aromatic carbocycles. The molecule has 0 saturated heterocycles. The lowest BCUT2D eigenvalue weighted by atomic mass is 9.98. The largest absolute Gasteiger partial charge is 0.455 e. The average molecular weight is 668 g/mol. The minimum Gasteiger partial charge on any atom is -0.455 e. The van der Waals surface area contributed by atoms with Crippen LogP contribution in [-0.4, -0.2) is 24.5 Å². The quantitative estimate of drug-likeness (QED) is 0.176. The van der Waals surface area contributed by atoms with Gasteiger partial charge in [0.25, 0.3) is 0 Å². The maximum absolute atomic E-state index is 6.94. The summed E-state index contributed by atoms with van der Waals surface area (Å²) in [6.07, 6.45) is 7.13. The van der Waals surface area contributed by atoms with Gasteiger partial charge in [0.1, 0.15) is 11.3 Å². The van der Waals surface area contributed by atoms with E-state index in [2.05, 4.69) is 130 Å². The Morgan fingerprint density at radius 2 is 1.04 bits per heavy atom. The summed E-state index contributed by atoms with van der Waals surface area (Å²) in [7, 11) is 0. The molecule has 5 heterocycles. The highest BCUT2D eigenvalue weighted by molar-refractivity contribution is 6.22. The van der Waals surface area contributed by atoms with Crippen molar-refractivity contribution in [1.82, 2.24) is 24.5 Å². The van der Waals surface area contributed by atoms with Crippen LogP contribution in [0.2, 0.25) is 0 Å². The Labute approximate surface area is 299 Å². The van der Waals surface area contributed by atoms with Crippen LogP contribution in [0.15, 0.2) is 181 Å². The van der Waals surface area contributed by atoms with Crippen LogP contribution in [0.4, 0.5) is 0 Å².